The topological polar surface area (TPSA) is 82.3 Å². The molecule has 1 aliphatic carbocycles. The van der Waals surface area contributed by atoms with Gasteiger partial charge < -0.3 is 14.6 Å². The number of benzene rings is 1. The Balaban J connectivity index is 1.64. The van der Waals surface area contributed by atoms with Crippen molar-refractivity contribution in [1.82, 2.24) is 20.2 Å². The fourth-order valence-electron chi connectivity index (χ4n) is 3.24. The molecular formula is C15H18N4O3. The molecule has 7 nitrogen and oxygen atoms in total. The molecule has 1 saturated carbocycles. The molecule has 116 valence electrons. The van der Waals surface area contributed by atoms with Crippen LogP contribution >= 0.6 is 0 Å². The Bertz CT molecular complexity index is 667. The Morgan fingerprint density at radius 2 is 1.95 bits per heavy atom. The molecule has 0 amide bonds. The number of tetrazole rings is 1. The van der Waals surface area contributed by atoms with Crippen LogP contribution in [0.4, 0.5) is 0 Å². The second-order valence-corrected chi connectivity index (χ2v) is 5.83. The van der Waals surface area contributed by atoms with E-state index in [2.05, 4.69) is 15.5 Å². The number of hydrogen-bond donors (Lipinski definition) is 1. The van der Waals surface area contributed by atoms with E-state index in [1.807, 2.05) is 18.2 Å². The zero-order valence-electron chi connectivity index (χ0n) is 12.2. The molecule has 0 radical (unpaired) electrons. The summed E-state index contributed by atoms with van der Waals surface area (Å²) in [5.41, 5.74) is 0.763. The molecular weight excluding hydrogens is 284 g/mol. The van der Waals surface area contributed by atoms with Gasteiger partial charge in [0.1, 0.15) is 6.10 Å². The maximum Gasteiger partial charge on any atom is 0.231 e. The van der Waals surface area contributed by atoms with Crippen molar-refractivity contribution in [3.63, 3.8) is 0 Å². The summed E-state index contributed by atoms with van der Waals surface area (Å²) >= 11 is 0. The van der Waals surface area contributed by atoms with E-state index in [4.69, 9.17) is 9.47 Å². The minimum absolute atomic E-state index is 0.228. The van der Waals surface area contributed by atoms with Crippen LogP contribution in [0.25, 0.3) is 5.69 Å². The first-order valence-electron chi connectivity index (χ1n) is 7.69. The van der Waals surface area contributed by atoms with Gasteiger partial charge in [0.25, 0.3) is 0 Å². The third-order valence-electron chi connectivity index (χ3n) is 4.46. The van der Waals surface area contributed by atoms with E-state index in [9.17, 15) is 5.11 Å². The van der Waals surface area contributed by atoms with Gasteiger partial charge in [0.2, 0.25) is 6.79 Å². The lowest BCUT2D eigenvalue weighted by Crippen LogP contribution is -2.19. The molecule has 7 heteroatoms. The summed E-state index contributed by atoms with van der Waals surface area (Å²) in [6.45, 7) is 0.228. The monoisotopic (exact) mass is 302 g/mol. The van der Waals surface area contributed by atoms with Gasteiger partial charge in [-0.1, -0.05) is 19.3 Å². The lowest BCUT2D eigenvalue weighted by Gasteiger charge is -2.25. The normalized spacial score (nSPS) is 19.3. The van der Waals surface area contributed by atoms with E-state index >= 15 is 0 Å². The van der Waals surface area contributed by atoms with Crippen molar-refractivity contribution in [3.05, 3.63) is 24.0 Å². The molecule has 2 aliphatic rings. The standard InChI is InChI=1S/C15H18N4O3/c20-14(10-4-2-1-3-5-10)15-16-17-18-19(15)11-6-7-12-13(8-11)22-9-21-12/h6-8,10,14,20H,1-5,9H2. The first kappa shape index (κ1) is 13.5. The van der Waals surface area contributed by atoms with Crippen molar-refractivity contribution >= 4 is 0 Å². The average molecular weight is 302 g/mol. The molecule has 0 bridgehead atoms. The second kappa shape index (κ2) is 5.57. The van der Waals surface area contributed by atoms with Gasteiger partial charge in [-0.3, -0.25) is 0 Å². The highest BCUT2D eigenvalue weighted by Crippen LogP contribution is 2.36. The minimum atomic E-state index is -0.638. The van der Waals surface area contributed by atoms with Gasteiger partial charge in [-0.2, -0.15) is 4.68 Å². The number of nitrogens with zero attached hydrogens (tertiary/aromatic N) is 4. The second-order valence-electron chi connectivity index (χ2n) is 5.83. The van der Waals surface area contributed by atoms with Crippen molar-refractivity contribution in [2.45, 2.75) is 38.2 Å². The minimum Gasteiger partial charge on any atom is -0.454 e. The predicted molar refractivity (Wildman–Crippen MR) is 76.8 cm³/mol. The van der Waals surface area contributed by atoms with Crippen LogP contribution in [0.1, 0.15) is 44.0 Å². The Hall–Kier alpha value is -2.15. The number of aliphatic hydroxyl groups excluding tert-OH is 1. The van der Waals surface area contributed by atoms with Gasteiger partial charge in [0, 0.05) is 6.07 Å². The van der Waals surface area contributed by atoms with Crippen LogP contribution in [0.15, 0.2) is 18.2 Å². The number of aromatic nitrogens is 4. The molecule has 4 rings (SSSR count). The summed E-state index contributed by atoms with van der Waals surface area (Å²) in [7, 11) is 0. The molecule has 22 heavy (non-hydrogen) atoms. The van der Waals surface area contributed by atoms with Gasteiger partial charge in [-0.25, -0.2) is 0 Å². The molecule has 1 unspecified atom stereocenters. The average Bonchev–Trinajstić information content (AvgIpc) is 3.23. The Kier molecular flexibility index (Phi) is 3.42. The third-order valence-corrected chi connectivity index (χ3v) is 4.46. The molecule has 1 aliphatic heterocycles. The molecule has 1 N–H and O–H groups in total. The largest absolute Gasteiger partial charge is 0.454 e. The van der Waals surface area contributed by atoms with E-state index < -0.39 is 6.10 Å². The maximum absolute atomic E-state index is 10.7. The molecule has 1 aromatic heterocycles. The van der Waals surface area contributed by atoms with Crippen LogP contribution in [0.3, 0.4) is 0 Å². The zero-order valence-corrected chi connectivity index (χ0v) is 12.2. The molecule has 0 spiro atoms. The summed E-state index contributed by atoms with van der Waals surface area (Å²) < 4.78 is 12.3. The predicted octanol–water partition coefficient (Wildman–Crippen LogP) is 2.00. The van der Waals surface area contributed by atoms with Gasteiger partial charge in [0.15, 0.2) is 17.3 Å². The maximum atomic E-state index is 10.7. The number of aliphatic hydroxyl groups is 1. The number of hydrogen-bond acceptors (Lipinski definition) is 6. The highest BCUT2D eigenvalue weighted by atomic mass is 16.7. The Morgan fingerprint density at radius 1 is 1.14 bits per heavy atom. The summed E-state index contributed by atoms with van der Waals surface area (Å²) in [6.07, 6.45) is 4.97. The highest BCUT2D eigenvalue weighted by Gasteiger charge is 2.28. The van der Waals surface area contributed by atoms with Gasteiger partial charge >= 0.3 is 0 Å². The molecule has 2 aromatic rings. The molecule has 1 aromatic carbocycles. The lowest BCUT2D eigenvalue weighted by molar-refractivity contribution is 0.0750. The van der Waals surface area contributed by atoms with E-state index in [1.54, 1.807) is 4.68 Å². The Morgan fingerprint density at radius 3 is 2.82 bits per heavy atom. The molecule has 1 atom stereocenters. The third kappa shape index (κ3) is 2.31. The van der Waals surface area contributed by atoms with Gasteiger partial charge in [-0.15, -0.1) is 5.10 Å². The van der Waals surface area contributed by atoms with Crippen LogP contribution in [0.5, 0.6) is 11.5 Å². The fourth-order valence-corrected chi connectivity index (χ4v) is 3.24. The van der Waals surface area contributed by atoms with Crippen molar-refractivity contribution in [2.75, 3.05) is 6.79 Å². The van der Waals surface area contributed by atoms with Crippen molar-refractivity contribution in [3.8, 4) is 17.2 Å². The first-order chi connectivity index (χ1) is 10.8. The van der Waals surface area contributed by atoms with E-state index in [0.717, 1.165) is 31.4 Å². The summed E-state index contributed by atoms with van der Waals surface area (Å²) in [5, 5.41) is 22.5. The summed E-state index contributed by atoms with van der Waals surface area (Å²) in [5.74, 6) is 2.11. The smallest absolute Gasteiger partial charge is 0.231 e. The van der Waals surface area contributed by atoms with Crippen LogP contribution in [-0.2, 0) is 0 Å². The number of fused-ring (bicyclic) bond motifs is 1. The summed E-state index contributed by atoms with van der Waals surface area (Å²) in [4.78, 5) is 0. The Labute approximate surface area is 127 Å². The quantitative estimate of drug-likeness (QED) is 0.934. The van der Waals surface area contributed by atoms with Crippen LogP contribution in [0, 0.1) is 5.92 Å². The first-order valence-corrected chi connectivity index (χ1v) is 7.69. The van der Waals surface area contributed by atoms with E-state index in [0.29, 0.717) is 17.3 Å². The van der Waals surface area contributed by atoms with Crippen LogP contribution < -0.4 is 9.47 Å². The van der Waals surface area contributed by atoms with Crippen LogP contribution in [-0.4, -0.2) is 32.1 Å². The van der Waals surface area contributed by atoms with Gasteiger partial charge in [-0.05, 0) is 41.3 Å². The highest BCUT2D eigenvalue weighted by molar-refractivity contribution is 5.49. The summed E-state index contributed by atoms with van der Waals surface area (Å²) in [6, 6.07) is 5.52. The fraction of sp³-hybridized carbons (Fsp3) is 0.533. The van der Waals surface area contributed by atoms with Crippen molar-refractivity contribution in [2.24, 2.45) is 5.92 Å². The number of ether oxygens (including phenoxy) is 2. The van der Waals surface area contributed by atoms with Crippen LogP contribution in [0.2, 0.25) is 0 Å². The van der Waals surface area contributed by atoms with Crippen molar-refractivity contribution < 1.29 is 14.6 Å². The van der Waals surface area contributed by atoms with E-state index in [1.165, 1.54) is 6.42 Å². The van der Waals surface area contributed by atoms with E-state index in [-0.39, 0.29) is 12.7 Å². The number of rotatable bonds is 3. The molecule has 1 fully saturated rings. The zero-order chi connectivity index (χ0) is 14.9. The lowest BCUT2D eigenvalue weighted by atomic mass is 9.85. The molecule has 0 saturated heterocycles. The van der Waals surface area contributed by atoms with Gasteiger partial charge in [0.05, 0.1) is 5.69 Å². The SMILES string of the molecule is OC(c1nnnn1-c1ccc2c(c1)OCO2)C1CCCCC1. The molecule has 2 heterocycles. The van der Waals surface area contributed by atoms with Crippen molar-refractivity contribution in [1.29, 1.82) is 0 Å².